The summed E-state index contributed by atoms with van der Waals surface area (Å²) in [6, 6.07) is 7.49. The topological polar surface area (TPSA) is 77.8 Å². The fourth-order valence-corrected chi connectivity index (χ4v) is 1.56. The molecule has 0 radical (unpaired) electrons. The van der Waals surface area contributed by atoms with E-state index in [2.05, 4.69) is 0 Å². The minimum absolute atomic E-state index is 0.0945. The Morgan fingerprint density at radius 3 is 2.11 bits per heavy atom. The second-order valence-electron chi connectivity index (χ2n) is 4.13. The highest BCUT2D eigenvalue weighted by Crippen LogP contribution is 2.15. The van der Waals surface area contributed by atoms with Crippen LogP contribution in [-0.4, -0.2) is 35.7 Å². The van der Waals surface area contributed by atoms with E-state index in [1.807, 2.05) is 36.2 Å². The van der Waals surface area contributed by atoms with E-state index in [1.54, 1.807) is 0 Å². The molecule has 0 aromatic heterocycles. The number of hydrogen-bond acceptors (Lipinski definition) is 3. The minimum atomic E-state index is -0.820. The zero-order valence-electron chi connectivity index (χ0n) is 10.3. The molecule has 0 saturated carbocycles. The lowest BCUT2D eigenvalue weighted by Crippen LogP contribution is -2.20. The van der Waals surface area contributed by atoms with Gasteiger partial charge in [0, 0.05) is 25.7 Å². The van der Waals surface area contributed by atoms with Crippen molar-refractivity contribution < 1.29 is 19.8 Å². The number of carboxylic acid groups (broad SMARTS) is 2. The summed E-state index contributed by atoms with van der Waals surface area (Å²) in [7, 11) is 1.83. The average molecular weight is 251 g/mol. The average Bonchev–Trinajstić information content (AvgIpc) is 2.34. The smallest absolute Gasteiger partial charge is 0.305 e. The Bertz CT molecular complexity index is 414. The highest BCUT2D eigenvalue weighted by molar-refractivity contribution is 5.68. The number of rotatable bonds is 7. The molecule has 5 heteroatoms. The van der Waals surface area contributed by atoms with Gasteiger partial charge in [-0.1, -0.05) is 12.1 Å². The van der Waals surface area contributed by atoms with Crippen molar-refractivity contribution in [3.8, 4) is 0 Å². The lowest BCUT2D eigenvalue weighted by Gasteiger charge is -2.18. The fraction of sp³-hybridized carbons (Fsp3) is 0.385. The second kappa shape index (κ2) is 6.64. The molecule has 18 heavy (non-hydrogen) atoms. The van der Waals surface area contributed by atoms with Gasteiger partial charge in [-0.25, -0.2) is 0 Å². The van der Waals surface area contributed by atoms with E-state index in [9.17, 15) is 9.59 Å². The molecule has 5 nitrogen and oxygen atoms in total. The van der Waals surface area contributed by atoms with Gasteiger partial charge >= 0.3 is 11.9 Å². The zero-order chi connectivity index (χ0) is 13.5. The van der Waals surface area contributed by atoms with Crippen LogP contribution in [0.4, 0.5) is 5.69 Å². The highest BCUT2D eigenvalue weighted by Gasteiger charge is 2.04. The summed E-state index contributed by atoms with van der Waals surface area (Å²) in [5.74, 6) is -1.63. The van der Waals surface area contributed by atoms with Gasteiger partial charge in [-0.2, -0.15) is 0 Å². The molecule has 0 aliphatic rings. The number of nitrogens with zero attached hydrogens (tertiary/aromatic N) is 1. The van der Waals surface area contributed by atoms with E-state index in [4.69, 9.17) is 10.2 Å². The van der Waals surface area contributed by atoms with Crippen LogP contribution < -0.4 is 4.90 Å². The van der Waals surface area contributed by atoms with Crippen LogP contribution in [0.25, 0.3) is 0 Å². The van der Waals surface area contributed by atoms with Crippen molar-refractivity contribution in [3.63, 3.8) is 0 Å². The molecule has 0 bridgehead atoms. The molecule has 0 aliphatic carbocycles. The van der Waals surface area contributed by atoms with Crippen LogP contribution in [0.5, 0.6) is 0 Å². The number of carbonyl (C=O) groups is 2. The standard InChI is InChI=1S/C13H17NO4/c1-14(9-8-13(17)18)11-5-2-10(3-6-11)4-7-12(15)16/h2-3,5-6H,4,7-9H2,1H3,(H,15,16)(H,17,18). The number of aliphatic carboxylic acids is 2. The van der Waals surface area contributed by atoms with Gasteiger partial charge in [0.1, 0.15) is 0 Å². The summed E-state index contributed by atoms with van der Waals surface area (Å²) in [5.41, 5.74) is 1.89. The summed E-state index contributed by atoms with van der Waals surface area (Å²) >= 11 is 0. The van der Waals surface area contributed by atoms with Gasteiger partial charge in [-0.15, -0.1) is 0 Å². The van der Waals surface area contributed by atoms with E-state index in [0.29, 0.717) is 13.0 Å². The quantitative estimate of drug-likeness (QED) is 0.769. The fourth-order valence-electron chi connectivity index (χ4n) is 1.56. The molecule has 0 spiro atoms. The monoisotopic (exact) mass is 251 g/mol. The van der Waals surface area contributed by atoms with E-state index < -0.39 is 11.9 Å². The summed E-state index contributed by atoms with van der Waals surface area (Å²) in [5, 5.41) is 17.2. The zero-order valence-corrected chi connectivity index (χ0v) is 10.3. The summed E-state index contributed by atoms with van der Waals surface area (Å²) in [4.78, 5) is 22.7. The van der Waals surface area contributed by atoms with E-state index in [1.165, 1.54) is 0 Å². The van der Waals surface area contributed by atoms with Crippen LogP contribution in [0.2, 0.25) is 0 Å². The van der Waals surface area contributed by atoms with Crippen LogP contribution in [-0.2, 0) is 16.0 Å². The largest absolute Gasteiger partial charge is 0.481 e. The predicted octanol–water partition coefficient (Wildman–Crippen LogP) is 1.61. The SMILES string of the molecule is CN(CCC(=O)O)c1ccc(CCC(=O)O)cc1. The molecule has 98 valence electrons. The normalized spacial score (nSPS) is 10.1. The molecule has 0 heterocycles. The van der Waals surface area contributed by atoms with Gasteiger partial charge in [0.2, 0.25) is 0 Å². The van der Waals surface area contributed by atoms with Crippen LogP contribution in [0.15, 0.2) is 24.3 Å². The van der Waals surface area contributed by atoms with E-state index in [-0.39, 0.29) is 12.8 Å². The van der Waals surface area contributed by atoms with Crippen molar-refractivity contribution in [1.29, 1.82) is 0 Å². The molecule has 2 N–H and O–H groups in total. The van der Waals surface area contributed by atoms with Crippen LogP contribution in [0.1, 0.15) is 18.4 Å². The summed E-state index contributed by atoms with van der Waals surface area (Å²) < 4.78 is 0. The van der Waals surface area contributed by atoms with E-state index in [0.717, 1.165) is 11.3 Å². The van der Waals surface area contributed by atoms with Crippen molar-refractivity contribution in [2.75, 3.05) is 18.5 Å². The Morgan fingerprint density at radius 2 is 1.61 bits per heavy atom. The first-order valence-electron chi connectivity index (χ1n) is 5.72. The van der Waals surface area contributed by atoms with E-state index >= 15 is 0 Å². The minimum Gasteiger partial charge on any atom is -0.481 e. The molecular formula is C13H17NO4. The van der Waals surface area contributed by atoms with Crippen LogP contribution in [0.3, 0.4) is 0 Å². The summed E-state index contributed by atoms with van der Waals surface area (Å²) in [6.45, 7) is 0.448. The molecule has 0 amide bonds. The molecule has 0 saturated heterocycles. The maximum absolute atomic E-state index is 10.5. The van der Waals surface area contributed by atoms with Crippen LogP contribution >= 0.6 is 0 Å². The van der Waals surface area contributed by atoms with Gasteiger partial charge in [-0.3, -0.25) is 9.59 Å². The molecular weight excluding hydrogens is 234 g/mol. The van der Waals surface area contributed by atoms with Gasteiger partial charge in [0.15, 0.2) is 0 Å². The summed E-state index contributed by atoms with van der Waals surface area (Å²) in [6.07, 6.45) is 0.722. The molecule has 1 rings (SSSR count). The number of carboxylic acids is 2. The van der Waals surface area contributed by atoms with Crippen LogP contribution in [0, 0.1) is 0 Å². The number of benzene rings is 1. The lowest BCUT2D eigenvalue weighted by molar-refractivity contribution is -0.137. The molecule has 0 aliphatic heterocycles. The number of aryl methyl sites for hydroxylation is 1. The van der Waals surface area contributed by atoms with Crippen molar-refractivity contribution in [2.45, 2.75) is 19.3 Å². The van der Waals surface area contributed by atoms with Gasteiger partial charge in [0.05, 0.1) is 6.42 Å². The Balaban J connectivity index is 2.53. The molecule has 1 aromatic rings. The number of anilines is 1. The van der Waals surface area contributed by atoms with Gasteiger partial charge in [0.25, 0.3) is 0 Å². The first kappa shape index (κ1) is 14.0. The highest BCUT2D eigenvalue weighted by atomic mass is 16.4. The second-order valence-corrected chi connectivity index (χ2v) is 4.13. The lowest BCUT2D eigenvalue weighted by atomic mass is 10.1. The third kappa shape index (κ3) is 4.86. The molecule has 0 fully saturated rings. The van der Waals surface area contributed by atoms with Gasteiger partial charge < -0.3 is 15.1 Å². The maximum Gasteiger partial charge on any atom is 0.305 e. The third-order valence-corrected chi connectivity index (χ3v) is 2.67. The Labute approximate surface area is 106 Å². The first-order valence-corrected chi connectivity index (χ1v) is 5.72. The molecule has 0 atom stereocenters. The Kier molecular flexibility index (Phi) is 5.17. The third-order valence-electron chi connectivity index (χ3n) is 2.67. The van der Waals surface area contributed by atoms with Crippen molar-refractivity contribution in [2.24, 2.45) is 0 Å². The maximum atomic E-state index is 10.5. The van der Waals surface area contributed by atoms with Crippen molar-refractivity contribution >= 4 is 17.6 Å². The number of hydrogen-bond donors (Lipinski definition) is 2. The van der Waals surface area contributed by atoms with Crippen molar-refractivity contribution in [3.05, 3.63) is 29.8 Å². The van der Waals surface area contributed by atoms with Crippen molar-refractivity contribution in [1.82, 2.24) is 0 Å². The predicted molar refractivity (Wildman–Crippen MR) is 67.9 cm³/mol. The first-order chi connectivity index (χ1) is 8.49. The van der Waals surface area contributed by atoms with Gasteiger partial charge in [-0.05, 0) is 24.1 Å². The Hall–Kier alpha value is -2.04. The molecule has 1 aromatic carbocycles. The molecule has 0 unspecified atom stereocenters. The Morgan fingerprint density at radius 1 is 1.06 bits per heavy atom.